The predicted octanol–water partition coefficient (Wildman–Crippen LogP) is 3.13. The van der Waals surface area contributed by atoms with E-state index in [1.54, 1.807) is 12.1 Å². The quantitative estimate of drug-likeness (QED) is 0.645. The van der Waals surface area contributed by atoms with Crippen LogP contribution in [0.2, 0.25) is 0 Å². The third kappa shape index (κ3) is 1.67. The van der Waals surface area contributed by atoms with Gasteiger partial charge in [0.2, 0.25) is 0 Å². The molecule has 70 valence electrons. The largest absolute Gasteiger partial charge is 0.385 e. The first kappa shape index (κ1) is 8.54. The molecule has 1 aliphatic rings. The number of hydrogen-bond donors (Lipinski definition) is 1. The van der Waals surface area contributed by atoms with E-state index in [4.69, 9.17) is 0 Å². The van der Waals surface area contributed by atoms with Gasteiger partial charge >= 0.3 is 0 Å². The SMILES string of the molecule is CC1CCCNc2cc(F)ccc21. The summed E-state index contributed by atoms with van der Waals surface area (Å²) in [6.07, 6.45) is 2.35. The molecule has 13 heavy (non-hydrogen) atoms. The average Bonchev–Trinajstić information content (AvgIpc) is 2.28. The molecule has 0 aliphatic carbocycles. The van der Waals surface area contributed by atoms with Crippen molar-refractivity contribution in [3.8, 4) is 0 Å². The van der Waals surface area contributed by atoms with Crippen LogP contribution in [0.5, 0.6) is 0 Å². The molecule has 2 heteroatoms. The maximum absolute atomic E-state index is 12.9. The molecule has 0 saturated heterocycles. The van der Waals surface area contributed by atoms with Crippen LogP contribution >= 0.6 is 0 Å². The maximum atomic E-state index is 12.9. The van der Waals surface area contributed by atoms with Gasteiger partial charge in [0.1, 0.15) is 5.82 Å². The normalized spacial score (nSPS) is 21.5. The smallest absolute Gasteiger partial charge is 0.125 e. The van der Waals surface area contributed by atoms with E-state index < -0.39 is 0 Å². The van der Waals surface area contributed by atoms with Crippen molar-refractivity contribution in [2.24, 2.45) is 0 Å². The molecule has 0 radical (unpaired) electrons. The van der Waals surface area contributed by atoms with Gasteiger partial charge in [-0.3, -0.25) is 0 Å². The first-order valence-corrected chi connectivity index (χ1v) is 4.80. The zero-order chi connectivity index (χ0) is 9.26. The summed E-state index contributed by atoms with van der Waals surface area (Å²) < 4.78 is 12.9. The lowest BCUT2D eigenvalue weighted by Gasteiger charge is -2.11. The fraction of sp³-hybridized carbons (Fsp3) is 0.455. The van der Waals surface area contributed by atoms with Crippen molar-refractivity contribution in [1.82, 2.24) is 0 Å². The van der Waals surface area contributed by atoms with E-state index in [9.17, 15) is 4.39 Å². The minimum Gasteiger partial charge on any atom is -0.385 e. The Labute approximate surface area is 78.0 Å². The Balaban J connectivity index is 2.42. The van der Waals surface area contributed by atoms with Crippen molar-refractivity contribution >= 4 is 5.69 Å². The van der Waals surface area contributed by atoms with Gasteiger partial charge in [-0.15, -0.1) is 0 Å². The van der Waals surface area contributed by atoms with Crippen molar-refractivity contribution < 1.29 is 4.39 Å². The summed E-state index contributed by atoms with van der Waals surface area (Å²) in [6, 6.07) is 5.03. The molecule has 1 aromatic rings. The second-order valence-corrected chi connectivity index (χ2v) is 3.70. The second-order valence-electron chi connectivity index (χ2n) is 3.70. The Kier molecular flexibility index (Phi) is 2.21. The molecule has 2 rings (SSSR count). The monoisotopic (exact) mass is 179 g/mol. The highest BCUT2D eigenvalue weighted by molar-refractivity contribution is 5.53. The zero-order valence-electron chi connectivity index (χ0n) is 7.81. The van der Waals surface area contributed by atoms with Gasteiger partial charge in [0, 0.05) is 12.2 Å². The lowest BCUT2D eigenvalue weighted by atomic mass is 9.96. The minimum absolute atomic E-state index is 0.152. The molecule has 0 aromatic heterocycles. The summed E-state index contributed by atoms with van der Waals surface area (Å²) in [5.74, 6) is 0.394. The number of halogens is 1. The van der Waals surface area contributed by atoms with Gasteiger partial charge < -0.3 is 5.32 Å². The van der Waals surface area contributed by atoms with Crippen LogP contribution < -0.4 is 5.32 Å². The molecule has 1 aromatic carbocycles. The van der Waals surface area contributed by atoms with Crippen LogP contribution in [-0.4, -0.2) is 6.54 Å². The van der Waals surface area contributed by atoms with E-state index in [0.717, 1.165) is 18.7 Å². The number of benzene rings is 1. The summed E-state index contributed by atoms with van der Waals surface area (Å²) in [5.41, 5.74) is 2.23. The number of nitrogens with one attached hydrogen (secondary N) is 1. The van der Waals surface area contributed by atoms with Gasteiger partial charge in [-0.05, 0) is 36.5 Å². The van der Waals surface area contributed by atoms with E-state index >= 15 is 0 Å². The molecule has 1 atom stereocenters. The molecular formula is C11H14FN. The Hall–Kier alpha value is -1.05. The summed E-state index contributed by atoms with van der Waals surface area (Å²) in [7, 11) is 0. The Bertz CT molecular complexity index is 309. The standard InChI is InChI=1S/C11H14FN/c1-8-3-2-6-13-11-7-9(12)4-5-10(8)11/h4-5,7-8,13H,2-3,6H2,1H3. The summed E-state index contributed by atoms with van der Waals surface area (Å²) in [5, 5.41) is 3.26. The van der Waals surface area contributed by atoms with Crippen LogP contribution in [0, 0.1) is 5.82 Å². The van der Waals surface area contributed by atoms with E-state index in [1.807, 2.05) is 6.07 Å². The number of hydrogen-bond acceptors (Lipinski definition) is 1. The fourth-order valence-corrected chi connectivity index (χ4v) is 1.90. The van der Waals surface area contributed by atoms with E-state index in [0.29, 0.717) is 5.92 Å². The van der Waals surface area contributed by atoms with Crippen molar-refractivity contribution in [1.29, 1.82) is 0 Å². The van der Waals surface area contributed by atoms with E-state index in [1.165, 1.54) is 12.0 Å². The Morgan fingerprint density at radius 3 is 3.15 bits per heavy atom. The lowest BCUT2D eigenvalue weighted by molar-refractivity contribution is 0.625. The molecule has 1 N–H and O–H groups in total. The minimum atomic E-state index is -0.152. The summed E-state index contributed by atoms with van der Waals surface area (Å²) in [4.78, 5) is 0. The lowest BCUT2D eigenvalue weighted by Crippen LogP contribution is -1.99. The number of anilines is 1. The molecule has 0 spiro atoms. The van der Waals surface area contributed by atoms with E-state index in [-0.39, 0.29) is 5.82 Å². The molecule has 0 bridgehead atoms. The van der Waals surface area contributed by atoms with E-state index in [2.05, 4.69) is 12.2 Å². The van der Waals surface area contributed by atoms with Crippen LogP contribution in [0.25, 0.3) is 0 Å². The second kappa shape index (κ2) is 3.36. The Morgan fingerprint density at radius 2 is 2.31 bits per heavy atom. The van der Waals surface area contributed by atoms with Crippen LogP contribution in [0.4, 0.5) is 10.1 Å². The highest BCUT2D eigenvalue weighted by Gasteiger charge is 2.14. The number of rotatable bonds is 0. The van der Waals surface area contributed by atoms with Crippen LogP contribution in [0.1, 0.15) is 31.2 Å². The fourth-order valence-electron chi connectivity index (χ4n) is 1.90. The van der Waals surface area contributed by atoms with Crippen molar-refractivity contribution in [3.63, 3.8) is 0 Å². The van der Waals surface area contributed by atoms with Crippen molar-refractivity contribution in [2.45, 2.75) is 25.7 Å². The highest BCUT2D eigenvalue weighted by Crippen LogP contribution is 2.30. The zero-order valence-corrected chi connectivity index (χ0v) is 7.81. The highest BCUT2D eigenvalue weighted by atomic mass is 19.1. The molecule has 1 aliphatic heterocycles. The molecule has 1 heterocycles. The number of fused-ring (bicyclic) bond motifs is 1. The van der Waals surface area contributed by atoms with Crippen molar-refractivity contribution in [3.05, 3.63) is 29.6 Å². The molecule has 0 fully saturated rings. The van der Waals surface area contributed by atoms with Gasteiger partial charge in [-0.1, -0.05) is 13.0 Å². The first-order valence-electron chi connectivity index (χ1n) is 4.80. The van der Waals surface area contributed by atoms with Crippen LogP contribution in [-0.2, 0) is 0 Å². The summed E-state index contributed by atoms with van der Waals surface area (Å²) >= 11 is 0. The van der Waals surface area contributed by atoms with Gasteiger partial charge in [0.25, 0.3) is 0 Å². The average molecular weight is 179 g/mol. The topological polar surface area (TPSA) is 12.0 Å². The van der Waals surface area contributed by atoms with Gasteiger partial charge in [0.15, 0.2) is 0 Å². The molecule has 1 nitrogen and oxygen atoms in total. The predicted molar refractivity (Wildman–Crippen MR) is 52.5 cm³/mol. The molecule has 0 saturated carbocycles. The Morgan fingerprint density at radius 1 is 1.46 bits per heavy atom. The van der Waals surface area contributed by atoms with Crippen LogP contribution in [0.3, 0.4) is 0 Å². The van der Waals surface area contributed by atoms with Gasteiger partial charge in [-0.2, -0.15) is 0 Å². The van der Waals surface area contributed by atoms with Gasteiger partial charge in [-0.25, -0.2) is 4.39 Å². The molecular weight excluding hydrogens is 165 g/mol. The summed E-state index contributed by atoms with van der Waals surface area (Å²) in [6.45, 7) is 3.16. The maximum Gasteiger partial charge on any atom is 0.125 e. The van der Waals surface area contributed by atoms with Gasteiger partial charge in [0.05, 0.1) is 0 Å². The molecule has 0 amide bonds. The van der Waals surface area contributed by atoms with Crippen molar-refractivity contribution in [2.75, 3.05) is 11.9 Å². The third-order valence-corrected chi connectivity index (χ3v) is 2.68. The third-order valence-electron chi connectivity index (χ3n) is 2.68. The first-order chi connectivity index (χ1) is 6.27. The molecule has 1 unspecified atom stereocenters. The van der Waals surface area contributed by atoms with Crippen LogP contribution in [0.15, 0.2) is 18.2 Å².